The quantitative estimate of drug-likeness (QED) is 0.602. The highest BCUT2D eigenvalue weighted by molar-refractivity contribution is 5.69. The number of hydrogen-bond donors (Lipinski definition) is 0. The molecule has 0 fully saturated rings. The third kappa shape index (κ3) is 4.73. The van der Waals surface area contributed by atoms with Gasteiger partial charge in [-0.2, -0.15) is 5.26 Å². The van der Waals surface area contributed by atoms with Crippen molar-refractivity contribution in [2.24, 2.45) is 11.8 Å². The summed E-state index contributed by atoms with van der Waals surface area (Å²) in [4.78, 5) is 10.8. The second kappa shape index (κ2) is 5.59. The van der Waals surface area contributed by atoms with Crippen LogP contribution in [-0.2, 0) is 9.53 Å². The van der Waals surface area contributed by atoms with Gasteiger partial charge < -0.3 is 4.74 Å². The van der Waals surface area contributed by atoms with Gasteiger partial charge in [-0.05, 0) is 12.3 Å². The first kappa shape index (κ1) is 11.0. The van der Waals surface area contributed by atoms with E-state index in [0.29, 0.717) is 5.92 Å². The lowest BCUT2D eigenvalue weighted by Crippen LogP contribution is -2.10. The van der Waals surface area contributed by atoms with Crippen LogP contribution in [0.4, 0.5) is 0 Å². The Morgan fingerprint density at radius 3 is 2.50 bits per heavy atom. The minimum absolute atomic E-state index is 0.197. The zero-order valence-corrected chi connectivity index (χ0v) is 7.83. The van der Waals surface area contributed by atoms with Gasteiger partial charge in [0.05, 0.1) is 25.5 Å². The van der Waals surface area contributed by atoms with Crippen molar-refractivity contribution in [3.8, 4) is 6.07 Å². The lowest BCUT2D eigenvalue weighted by atomic mass is 9.96. The zero-order chi connectivity index (χ0) is 9.56. The molecule has 0 radical (unpaired) electrons. The van der Waals surface area contributed by atoms with E-state index in [1.807, 2.05) is 13.8 Å². The third-order valence-corrected chi connectivity index (χ3v) is 1.58. The summed E-state index contributed by atoms with van der Waals surface area (Å²) in [5, 5.41) is 8.66. The molecular weight excluding hydrogens is 154 g/mol. The summed E-state index contributed by atoms with van der Waals surface area (Å²) in [6.45, 7) is 4.06. The summed E-state index contributed by atoms with van der Waals surface area (Å²) in [5.74, 6) is -0.0565. The summed E-state index contributed by atoms with van der Waals surface area (Å²) in [6, 6.07) is 2.10. The van der Waals surface area contributed by atoms with E-state index >= 15 is 0 Å². The monoisotopic (exact) mass is 169 g/mol. The highest BCUT2D eigenvalue weighted by Crippen LogP contribution is 2.14. The van der Waals surface area contributed by atoms with E-state index in [0.717, 1.165) is 6.42 Å². The predicted molar refractivity (Wildman–Crippen MR) is 45.2 cm³/mol. The minimum Gasteiger partial charge on any atom is -0.469 e. The fourth-order valence-corrected chi connectivity index (χ4v) is 1.04. The van der Waals surface area contributed by atoms with Gasteiger partial charge in [-0.1, -0.05) is 13.8 Å². The highest BCUT2D eigenvalue weighted by atomic mass is 16.5. The fraction of sp³-hybridized carbons (Fsp3) is 0.778. The molecule has 0 aromatic heterocycles. The first-order valence-corrected chi connectivity index (χ1v) is 4.06. The van der Waals surface area contributed by atoms with Crippen LogP contribution in [0.5, 0.6) is 0 Å². The maximum atomic E-state index is 10.8. The number of nitriles is 1. The lowest BCUT2D eigenvalue weighted by molar-refractivity contribution is -0.141. The van der Waals surface area contributed by atoms with Gasteiger partial charge in [-0.3, -0.25) is 4.79 Å². The lowest BCUT2D eigenvalue weighted by Gasteiger charge is -2.09. The van der Waals surface area contributed by atoms with Crippen LogP contribution in [0.15, 0.2) is 0 Å². The number of methoxy groups -OCH3 is 1. The van der Waals surface area contributed by atoms with Crippen LogP contribution < -0.4 is 0 Å². The molecule has 0 aliphatic rings. The zero-order valence-electron chi connectivity index (χ0n) is 7.83. The summed E-state index contributed by atoms with van der Waals surface area (Å²) in [6.07, 6.45) is 0.969. The molecular formula is C9H15NO2. The van der Waals surface area contributed by atoms with Gasteiger partial charge in [0.2, 0.25) is 0 Å². The van der Waals surface area contributed by atoms with Crippen LogP contribution >= 0.6 is 0 Å². The van der Waals surface area contributed by atoms with Crippen LogP contribution in [0.1, 0.15) is 26.7 Å². The van der Waals surface area contributed by atoms with Crippen molar-refractivity contribution in [1.82, 2.24) is 0 Å². The maximum absolute atomic E-state index is 10.8. The van der Waals surface area contributed by atoms with Gasteiger partial charge in [0.25, 0.3) is 0 Å². The Labute approximate surface area is 73.3 Å². The summed E-state index contributed by atoms with van der Waals surface area (Å²) < 4.78 is 4.47. The Balaban J connectivity index is 3.85. The van der Waals surface area contributed by atoms with Gasteiger partial charge >= 0.3 is 5.97 Å². The molecule has 3 heteroatoms. The maximum Gasteiger partial charge on any atom is 0.306 e. The second-order valence-electron chi connectivity index (χ2n) is 3.24. The van der Waals surface area contributed by atoms with Crippen molar-refractivity contribution < 1.29 is 9.53 Å². The first-order chi connectivity index (χ1) is 5.60. The minimum atomic E-state index is -0.304. The van der Waals surface area contributed by atoms with Crippen LogP contribution in [0.25, 0.3) is 0 Å². The SMILES string of the molecule is COC(=O)C[C@@H](C#N)CC(C)C. The van der Waals surface area contributed by atoms with E-state index in [-0.39, 0.29) is 18.3 Å². The molecule has 3 nitrogen and oxygen atoms in total. The van der Waals surface area contributed by atoms with Crippen LogP contribution in [0.3, 0.4) is 0 Å². The van der Waals surface area contributed by atoms with E-state index in [4.69, 9.17) is 5.26 Å². The van der Waals surface area contributed by atoms with Gasteiger partial charge in [0.1, 0.15) is 0 Å². The van der Waals surface area contributed by atoms with Crippen molar-refractivity contribution in [2.75, 3.05) is 7.11 Å². The number of carbonyl (C=O) groups is 1. The molecule has 0 saturated heterocycles. The third-order valence-electron chi connectivity index (χ3n) is 1.58. The molecule has 0 aliphatic heterocycles. The molecule has 0 aromatic carbocycles. The first-order valence-electron chi connectivity index (χ1n) is 4.06. The number of esters is 1. The molecule has 0 bridgehead atoms. The summed E-state index contributed by atoms with van der Waals surface area (Å²) >= 11 is 0. The van der Waals surface area contributed by atoms with Crippen molar-refractivity contribution in [3.63, 3.8) is 0 Å². The summed E-state index contributed by atoms with van der Waals surface area (Å²) in [5.41, 5.74) is 0. The van der Waals surface area contributed by atoms with Crippen molar-refractivity contribution >= 4 is 5.97 Å². The van der Waals surface area contributed by atoms with E-state index < -0.39 is 0 Å². The van der Waals surface area contributed by atoms with Crippen LogP contribution in [-0.4, -0.2) is 13.1 Å². The van der Waals surface area contributed by atoms with E-state index in [1.165, 1.54) is 7.11 Å². The van der Waals surface area contributed by atoms with Crippen molar-refractivity contribution in [2.45, 2.75) is 26.7 Å². The molecule has 0 N–H and O–H groups in total. The smallest absolute Gasteiger partial charge is 0.306 e. The Morgan fingerprint density at radius 2 is 2.17 bits per heavy atom. The Morgan fingerprint density at radius 1 is 1.58 bits per heavy atom. The predicted octanol–water partition coefficient (Wildman–Crippen LogP) is 1.74. The average Bonchev–Trinajstić information content (AvgIpc) is 2.02. The standard InChI is InChI=1S/C9H15NO2/c1-7(2)4-8(6-10)5-9(11)12-3/h7-8H,4-5H2,1-3H3/t8-/m0/s1. The molecule has 0 spiro atoms. The molecule has 1 atom stereocenters. The van der Waals surface area contributed by atoms with Gasteiger partial charge in [0.15, 0.2) is 0 Å². The second-order valence-corrected chi connectivity index (χ2v) is 3.24. The van der Waals surface area contributed by atoms with Gasteiger partial charge in [-0.25, -0.2) is 0 Å². The summed E-state index contributed by atoms with van der Waals surface area (Å²) in [7, 11) is 1.34. The van der Waals surface area contributed by atoms with E-state index in [9.17, 15) is 4.79 Å². The molecule has 0 amide bonds. The fourth-order valence-electron chi connectivity index (χ4n) is 1.04. The molecule has 0 saturated carbocycles. The van der Waals surface area contributed by atoms with Crippen LogP contribution in [0.2, 0.25) is 0 Å². The Hall–Kier alpha value is -1.04. The Bertz CT molecular complexity index is 181. The van der Waals surface area contributed by atoms with Crippen LogP contribution in [0, 0.1) is 23.2 Å². The molecule has 0 heterocycles. The molecule has 0 aromatic rings. The van der Waals surface area contributed by atoms with Crippen molar-refractivity contribution in [3.05, 3.63) is 0 Å². The highest BCUT2D eigenvalue weighted by Gasteiger charge is 2.14. The number of ether oxygens (including phenoxy) is 1. The van der Waals surface area contributed by atoms with Gasteiger partial charge in [0, 0.05) is 0 Å². The molecule has 0 aliphatic carbocycles. The number of rotatable bonds is 4. The normalized spacial score (nSPS) is 12.2. The number of nitrogens with zero attached hydrogens (tertiary/aromatic N) is 1. The van der Waals surface area contributed by atoms with E-state index in [1.54, 1.807) is 0 Å². The number of carbonyl (C=O) groups excluding carboxylic acids is 1. The van der Waals surface area contributed by atoms with Gasteiger partial charge in [-0.15, -0.1) is 0 Å². The molecule has 0 rings (SSSR count). The van der Waals surface area contributed by atoms with E-state index in [2.05, 4.69) is 10.8 Å². The largest absolute Gasteiger partial charge is 0.469 e. The average molecular weight is 169 g/mol. The molecule has 68 valence electrons. The van der Waals surface area contributed by atoms with Crippen molar-refractivity contribution in [1.29, 1.82) is 5.26 Å². The molecule has 12 heavy (non-hydrogen) atoms. The topological polar surface area (TPSA) is 50.1 Å². The Kier molecular flexibility index (Phi) is 5.11. The molecule has 0 unspecified atom stereocenters. The number of hydrogen-bond acceptors (Lipinski definition) is 3.